The van der Waals surface area contributed by atoms with Crippen LogP contribution in [-0.2, 0) is 11.3 Å². The molecule has 0 aromatic heterocycles. The molecule has 0 unspecified atom stereocenters. The van der Waals surface area contributed by atoms with Gasteiger partial charge in [-0.25, -0.2) is 4.39 Å². The molecule has 0 fully saturated rings. The largest absolute Gasteiger partial charge is 0.496 e. The van der Waals surface area contributed by atoms with E-state index in [1.807, 2.05) is 18.2 Å². The highest BCUT2D eigenvalue weighted by atomic mass is 19.1. The third kappa shape index (κ3) is 4.66. The number of para-hydroxylation sites is 1. The molecule has 2 aromatic carbocycles. The lowest BCUT2D eigenvalue weighted by Gasteiger charge is -2.19. The fraction of sp³-hybridized carbons (Fsp3) is 0.235. The number of halogens is 1. The van der Waals surface area contributed by atoms with E-state index in [1.54, 1.807) is 13.1 Å². The Morgan fingerprint density at radius 1 is 1.24 bits per heavy atom. The van der Waals surface area contributed by atoms with Crippen LogP contribution in [-0.4, -0.2) is 36.5 Å². The van der Waals surface area contributed by atoms with Gasteiger partial charge in [-0.05, 0) is 12.1 Å². The molecule has 0 bridgehead atoms. The van der Waals surface area contributed by atoms with Gasteiger partial charge >= 0.3 is 5.69 Å². The smallest absolute Gasteiger partial charge is 0.311 e. The Morgan fingerprint density at radius 2 is 1.96 bits per heavy atom. The zero-order valence-electron chi connectivity index (χ0n) is 13.8. The Balaban J connectivity index is 2.03. The fourth-order valence-electron chi connectivity index (χ4n) is 2.18. The van der Waals surface area contributed by atoms with E-state index >= 15 is 0 Å². The van der Waals surface area contributed by atoms with Crippen LogP contribution >= 0.6 is 0 Å². The van der Waals surface area contributed by atoms with Gasteiger partial charge in [0.1, 0.15) is 11.6 Å². The molecule has 2 aromatic rings. The molecule has 0 aliphatic heterocycles. The second-order valence-electron chi connectivity index (χ2n) is 5.22. The minimum absolute atomic E-state index is 0.275. The molecule has 2 rings (SSSR count). The predicted octanol–water partition coefficient (Wildman–Crippen LogP) is 2.78. The fourth-order valence-corrected chi connectivity index (χ4v) is 2.18. The number of rotatable bonds is 7. The minimum Gasteiger partial charge on any atom is -0.496 e. The second kappa shape index (κ2) is 8.09. The summed E-state index contributed by atoms with van der Waals surface area (Å²) >= 11 is 0. The summed E-state index contributed by atoms with van der Waals surface area (Å²) < 4.78 is 23.6. The number of hydrogen-bond acceptors (Lipinski definition) is 5. The molecule has 0 heterocycles. The SMILES string of the molecule is COc1ccccc1CN(C)C(=O)COc1cc(F)ccc1[N+](=O)[O-]. The molecular formula is C17H17FN2O5. The number of ether oxygens (including phenoxy) is 2. The molecule has 8 heteroatoms. The van der Waals surface area contributed by atoms with Crippen LogP contribution in [0.3, 0.4) is 0 Å². The van der Waals surface area contributed by atoms with E-state index in [4.69, 9.17) is 9.47 Å². The highest BCUT2D eigenvalue weighted by Crippen LogP contribution is 2.27. The Bertz CT molecular complexity index is 781. The summed E-state index contributed by atoms with van der Waals surface area (Å²) in [6, 6.07) is 10.1. The monoisotopic (exact) mass is 348 g/mol. The summed E-state index contributed by atoms with van der Waals surface area (Å²) in [4.78, 5) is 23.8. The van der Waals surface area contributed by atoms with Gasteiger partial charge in [-0.3, -0.25) is 14.9 Å². The number of amides is 1. The number of nitrogens with zero attached hydrogens (tertiary/aromatic N) is 2. The van der Waals surface area contributed by atoms with Crippen LogP contribution in [0.2, 0.25) is 0 Å². The first kappa shape index (κ1) is 18.2. The van der Waals surface area contributed by atoms with E-state index < -0.39 is 28.9 Å². The number of carbonyl (C=O) groups is 1. The molecule has 7 nitrogen and oxygen atoms in total. The molecule has 0 saturated heterocycles. The summed E-state index contributed by atoms with van der Waals surface area (Å²) in [6.45, 7) is -0.173. The Morgan fingerprint density at radius 3 is 2.64 bits per heavy atom. The number of carbonyl (C=O) groups excluding carboxylic acids is 1. The van der Waals surface area contributed by atoms with Crippen molar-refractivity contribution in [2.24, 2.45) is 0 Å². The quantitative estimate of drug-likeness (QED) is 0.568. The lowest BCUT2D eigenvalue weighted by molar-refractivity contribution is -0.385. The van der Waals surface area contributed by atoms with Crippen molar-refractivity contribution in [1.29, 1.82) is 0 Å². The summed E-state index contributed by atoms with van der Waals surface area (Å²) in [5, 5.41) is 10.9. The summed E-state index contributed by atoms with van der Waals surface area (Å²) in [5.41, 5.74) is 0.402. The van der Waals surface area contributed by atoms with Gasteiger partial charge in [0.05, 0.1) is 12.0 Å². The number of nitro groups is 1. The Labute approximate surface area is 143 Å². The average Bonchev–Trinajstić information content (AvgIpc) is 2.59. The van der Waals surface area contributed by atoms with E-state index in [2.05, 4.69) is 0 Å². The number of hydrogen-bond donors (Lipinski definition) is 0. The molecule has 25 heavy (non-hydrogen) atoms. The van der Waals surface area contributed by atoms with Crippen molar-refractivity contribution < 1.29 is 23.6 Å². The lowest BCUT2D eigenvalue weighted by atomic mass is 10.2. The zero-order valence-corrected chi connectivity index (χ0v) is 13.8. The molecular weight excluding hydrogens is 331 g/mol. The number of benzene rings is 2. The second-order valence-corrected chi connectivity index (χ2v) is 5.22. The van der Waals surface area contributed by atoms with Gasteiger partial charge in [-0.1, -0.05) is 18.2 Å². The van der Waals surface area contributed by atoms with Gasteiger partial charge < -0.3 is 14.4 Å². The van der Waals surface area contributed by atoms with Crippen molar-refractivity contribution in [3.63, 3.8) is 0 Å². The maximum Gasteiger partial charge on any atom is 0.311 e. The van der Waals surface area contributed by atoms with Crippen LogP contribution in [0.15, 0.2) is 42.5 Å². The molecule has 0 aliphatic rings. The van der Waals surface area contributed by atoms with Gasteiger partial charge in [0.2, 0.25) is 5.75 Å². The number of likely N-dealkylation sites (N-methyl/N-ethyl adjacent to an activating group) is 1. The van der Waals surface area contributed by atoms with Crippen LogP contribution in [0.1, 0.15) is 5.56 Å². The summed E-state index contributed by atoms with van der Waals surface area (Å²) in [5.74, 6) is -0.743. The molecule has 0 saturated carbocycles. The first-order valence-corrected chi connectivity index (χ1v) is 7.35. The summed E-state index contributed by atoms with van der Waals surface area (Å²) in [7, 11) is 3.10. The van der Waals surface area contributed by atoms with Gasteiger partial charge in [-0.2, -0.15) is 0 Å². The van der Waals surface area contributed by atoms with Crippen molar-refractivity contribution in [2.75, 3.05) is 20.8 Å². The number of nitro benzene ring substituents is 1. The van der Waals surface area contributed by atoms with Crippen LogP contribution in [0.25, 0.3) is 0 Å². The molecule has 0 spiro atoms. The first-order valence-electron chi connectivity index (χ1n) is 7.35. The standard InChI is InChI=1S/C17H17FN2O5/c1-19(10-12-5-3-4-6-15(12)24-2)17(21)11-25-16-9-13(18)7-8-14(16)20(22)23/h3-9H,10-11H2,1-2H3. The average molecular weight is 348 g/mol. The molecule has 0 atom stereocenters. The third-order valence-corrected chi connectivity index (χ3v) is 3.50. The first-order chi connectivity index (χ1) is 11.9. The Kier molecular flexibility index (Phi) is 5.89. The van der Waals surface area contributed by atoms with Crippen molar-refractivity contribution >= 4 is 11.6 Å². The highest BCUT2D eigenvalue weighted by molar-refractivity contribution is 5.77. The Hall–Kier alpha value is -3.16. The van der Waals surface area contributed by atoms with Crippen molar-refractivity contribution in [1.82, 2.24) is 4.90 Å². The van der Waals surface area contributed by atoms with Crippen LogP contribution < -0.4 is 9.47 Å². The van der Waals surface area contributed by atoms with E-state index in [-0.39, 0.29) is 12.3 Å². The predicted molar refractivity (Wildman–Crippen MR) is 88.0 cm³/mol. The minimum atomic E-state index is -0.697. The van der Waals surface area contributed by atoms with E-state index in [1.165, 1.54) is 12.0 Å². The van der Waals surface area contributed by atoms with Gasteiger partial charge in [0, 0.05) is 31.3 Å². The molecule has 0 aliphatic carbocycles. The van der Waals surface area contributed by atoms with Gasteiger partial charge in [-0.15, -0.1) is 0 Å². The topological polar surface area (TPSA) is 81.9 Å². The van der Waals surface area contributed by atoms with Crippen molar-refractivity contribution in [3.05, 3.63) is 64.0 Å². The van der Waals surface area contributed by atoms with Gasteiger partial charge in [0.15, 0.2) is 6.61 Å². The van der Waals surface area contributed by atoms with E-state index in [9.17, 15) is 19.3 Å². The number of methoxy groups -OCH3 is 1. The van der Waals surface area contributed by atoms with Crippen LogP contribution in [0.4, 0.5) is 10.1 Å². The maximum atomic E-state index is 13.3. The highest BCUT2D eigenvalue weighted by Gasteiger charge is 2.18. The maximum absolute atomic E-state index is 13.3. The zero-order chi connectivity index (χ0) is 18.4. The van der Waals surface area contributed by atoms with Crippen molar-refractivity contribution in [2.45, 2.75) is 6.54 Å². The van der Waals surface area contributed by atoms with E-state index in [0.29, 0.717) is 5.75 Å². The lowest BCUT2D eigenvalue weighted by Crippen LogP contribution is -2.31. The third-order valence-electron chi connectivity index (χ3n) is 3.50. The van der Waals surface area contributed by atoms with E-state index in [0.717, 1.165) is 23.8 Å². The normalized spacial score (nSPS) is 10.2. The molecule has 0 radical (unpaired) electrons. The summed E-state index contributed by atoms with van der Waals surface area (Å²) in [6.07, 6.45) is 0. The van der Waals surface area contributed by atoms with Crippen LogP contribution in [0.5, 0.6) is 11.5 Å². The molecule has 132 valence electrons. The van der Waals surface area contributed by atoms with Crippen molar-refractivity contribution in [3.8, 4) is 11.5 Å². The molecule has 1 amide bonds. The molecule has 0 N–H and O–H groups in total. The van der Waals surface area contributed by atoms with Crippen LogP contribution in [0, 0.1) is 15.9 Å². The van der Waals surface area contributed by atoms with Gasteiger partial charge in [0.25, 0.3) is 5.91 Å².